The molecular formula is C7H2ClF4NO2. The van der Waals surface area contributed by atoms with Gasteiger partial charge in [0.05, 0.1) is 5.56 Å². The van der Waals surface area contributed by atoms with Crippen molar-refractivity contribution in [3.63, 3.8) is 0 Å². The molecule has 1 N–H and O–H groups in total. The summed E-state index contributed by atoms with van der Waals surface area (Å²) in [6.07, 6.45) is -5.01. The maximum absolute atomic E-state index is 12.8. The first-order valence-corrected chi connectivity index (χ1v) is 3.78. The monoisotopic (exact) mass is 243 g/mol. The van der Waals surface area contributed by atoms with E-state index in [0.717, 1.165) is 0 Å². The number of rotatable bonds is 1. The minimum Gasteiger partial charge on any atom is -0.478 e. The highest BCUT2D eigenvalue weighted by Gasteiger charge is 2.37. The molecule has 1 rings (SSSR count). The SMILES string of the molecule is O=C(O)c1cc(F)c(C(F)(F)F)nc1Cl. The molecule has 0 saturated heterocycles. The van der Waals surface area contributed by atoms with Gasteiger partial charge in [-0.2, -0.15) is 13.2 Å². The van der Waals surface area contributed by atoms with Crippen LogP contribution in [0.4, 0.5) is 17.6 Å². The van der Waals surface area contributed by atoms with Gasteiger partial charge >= 0.3 is 12.1 Å². The molecular weight excluding hydrogens is 242 g/mol. The molecule has 0 aliphatic heterocycles. The van der Waals surface area contributed by atoms with Gasteiger partial charge in [-0.3, -0.25) is 0 Å². The number of carbonyl (C=O) groups is 1. The Labute approximate surface area is 85.3 Å². The lowest BCUT2D eigenvalue weighted by atomic mass is 10.2. The van der Waals surface area contributed by atoms with E-state index >= 15 is 0 Å². The first-order valence-electron chi connectivity index (χ1n) is 3.40. The topological polar surface area (TPSA) is 50.2 Å². The van der Waals surface area contributed by atoms with Gasteiger partial charge in [-0.1, -0.05) is 11.6 Å². The van der Waals surface area contributed by atoms with Crippen molar-refractivity contribution in [1.82, 2.24) is 4.98 Å². The minimum atomic E-state index is -5.01. The molecule has 1 heterocycles. The molecule has 15 heavy (non-hydrogen) atoms. The van der Waals surface area contributed by atoms with E-state index in [9.17, 15) is 22.4 Å². The summed E-state index contributed by atoms with van der Waals surface area (Å²) in [4.78, 5) is 13.0. The maximum atomic E-state index is 12.8. The quantitative estimate of drug-likeness (QED) is 0.609. The lowest BCUT2D eigenvalue weighted by Crippen LogP contribution is -2.13. The summed E-state index contributed by atoms with van der Waals surface area (Å²) in [7, 11) is 0. The van der Waals surface area contributed by atoms with Crippen molar-refractivity contribution in [2.75, 3.05) is 0 Å². The summed E-state index contributed by atoms with van der Waals surface area (Å²) in [5.74, 6) is -3.43. The molecule has 0 radical (unpaired) electrons. The van der Waals surface area contributed by atoms with Crippen molar-refractivity contribution in [1.29, 1.82) is 0 Å². The molecule has 0 fully saturated rings. The lowest BCUT2D eigenvalue weighted by Gasteiger charge is -2.08. The predicted octanol–water partition coefficient (Wildman–Crippen LogP) is 2.59. The van der Waals surface area contributed by atoms with Gasteiger partial charge in [0.15, 0.2) is 11.5 Å². The van der Waals surface area contributed by atoms with Crippen LogP contribution in [0.1, 0.15) is 16.1 Å². The smallest absolute Gasteiger partial charge is 0.436 e. The van der Waals surface area contributed by atoms with Crippen LogP contribution in [0.5, 0.6) is 0 Å². The van der Waals surface area contributed by atoms with Crippen molar-refractivity contribution in [2.45, 2.75) is 6.18 Å². The third-order valence-corrected chi connectivity index (χ3v) is 1.72. The minimum absolute atomic E-state index is 0.181. The van der Waals surface area contributed by atoms with Crippen molar-refractivity contribution in [3.05, 3.63) is 28.3 Å². The fraction of sp³-hybridized carbons (Fsp3) is 0.143. The van der Waals surface area contributed by atoms with Gasteiger partial charge in [-0.05, 0) is 6.07 Å². The van der Waals surface area contributed by atoms with Gasteiger partial charge in [-0.25, -0.2) is 14.2 Å². The normalized spacial score (nSPS) is 11.5. The fourth-order valence-corrected chi connectivity index (χ4v) is 1.04. The van der Waals surface area contributed by atoms with Gasteiger partial charge in [0.1, 0.15) is 5.15 Å². The number of nitrogens with zero attached hydrogens (tertiary/aromatic N) is 1. The Hall–Kier alpha value is -1.37. The van der Waals surface area contributed by atoms with Gasteiger partial charge in [0.25, 0.3) is 0 Å². The van der Waals surface area contributed by atoms with Gasteiger partial charge < -0.3 is 5.11 Å². The largest absolute Gasteiger partial charge is 0.478 e. The number of pyridine rings is 1. The van der Waals surface area contributed by atoms with E-state index in [-0.39, 0.29) is 6.07 Å². The average Bonchev–Trinajstić information content (AvgIpc) is 2.06. The third-order valence-electron chi connectivity index (χ3n) is 1.43. The van der Waals surface area contributed by atoms with Gasteiger partial charge in [-0.15, -0.1) is 0 Å². The van der Waals surface area contributed by atoms with Crippen LogP contribution in [-0.2, 0) is 6.18 Å². The number of hydrogen-bond acceptors (Lipinski definition) is 2. The number of carboxylic acids is 1. The van der Waals surface area contributed by atoms with E-state index in [0.29, 0.717) is 0 Å². The Morgan fingerprint density at radius 3 is 2.40 bits per heavy atom. The first kappa shape index (κ1) is 11.7. The lowest BCUT2D eigenvalue weighted by molar-refractivity contribution is -0.143. The van der Waals surface area contributed by atoms with Crippen molar-refractivity contribution < 1.29 is 27.5 Å². The Kier molecular flexibility index (Phi) is 2.85. The number of aromatic nitrogens is 1. The van der Waals surface area contributed by atoms with E-state index in [1.54, 1.807) is 0 Å². The molecule has 8 heteroatoms. The molecule has 0 atom stereocenters. The van der Waals surface area contributed by atoms with E-state index < -0.39 is 34.4 Å². The zero-order valence-corrected chi connectivity index (χ0v) is 7.53. The maximum Gasteiger partial charge on any atom is 0.436 e. The van der Waals surface area contributed by atoms with Crippen molar-refractivity contribution in [2.24, 2.45) is 0 Å². The Balaban J connectivity index is 3.39. The first-order chi connectivity index (χ1) is 6.73. The van der Waals surface area contributed by atoms with Gasteiger partial charge in [0.2, 0.25) is 0 Å². The molecule has 0 saturated carbocycles. The molecule has 1 aromatic rings. The number of aromatic carboxylic acids is 1. The molecule has 0 unspecified atom stereocenters. The van der Waals surface area contributed by atoms with E-state index in [1.807, 2.05) is 0 Å². The highest BCUT2D eigenvalue weighted by Crippen LogP contribution is 2.31. The van der Waals surface area contributed by atoms with Crippen LogP contribution in [-0.4, -0.2) is 16.1 Å². The van der Waals surface area contributed by atoms with E-state index in [1.165, 1.54) is 0 Å². The predicted molar refractivity (Wildman–Crippen MR) is 41.2 cm³/mol. The van der Waals surface area contributed by atoms with Crippen molar-refractivity contribution >= 4 is 17.6 Å². The summed E-state index contributed by atoms with van der Waals surface area (Å²) >= 11 is 5.14. The van der Waals surface area contributed by atoms with E-state index in [4.69, 9.17) is 16.7 Å². The number of carboxylic acid groups (broad SMARTS) is 1. The molecule has 3 nitrogen and oxygen atoms in total. The second-order valence-corrected chi connectivity index (χ2v) is 2.82. The summed E-state index contributed by atoms with van der Waals surface area (Å²) in [6.45, 7) is 0. The van der Waals surface area contributed by atoms with Crippen molar-refractivity contribution in [3.8, 4) is 0 Å². The summed E-state index contributed by atoms with van der Waals surface area (Å²) < 4.78 is 48.9. The standard InChI is InChI=1S/C7H2ClF4NO2/c8-5-2(6(14)15)1-3(9)4(13-5)7(10,11)12/h1H,(H,14,15). The second kappa shape index (κ2) is 3.65. The molecule has 1 aromatic heterocycles. The number of alkyl halides is 3. The highest BCUT2D eigenvalue weighted by atomic mass is 35.5. The average molecular weight is 244 g/mol. The molecule has 0 aliphatic rings. The van der Waals surface area contributed by atoms with E-state index in [2.05, 4.69) is 4.98 Å². The van der Waals surface area contributed by atoms with Crippen LogP contribution in [0, 0.1) is 5.82 Å². The zero-order valence-electron chi connectivity index (χ0n) is 6.77. The van der Waals surface area contributed by atoms with Crippen LogP contribution in [0.15, 0.2) is 6.07 Å². The summed E-state index contributed by atoms with van der Waals surface area (Å²) in [5, 5.41) is 7.51. The highest BCUT2D eigenvalue weighted by molar-refractivity contribution is 6.32. The van der Waals surface area contributed by atoms with Crippen LogP contribution in [0.25, 0.3) is 0 Å². The Bertz CT molecular complexity index is 418. The summed E-state index contributed by atoms with van der Waals surface area (Å²) in [6, 6.07) is 0.181. The van der Waals surface area contributed by atoms with Crippen LogP contribution in [0.3, 0.4) is 0 Å². The molecule has 0 aliphatic carbocycles. The van der Waals surface area contributed by atoms with Crippen LogP contribution >= 0.6 is 11.6 Å². The number of halogens is 5. The third kappa shape index (κ3) is 2.35. The van der Waals surface area contributed by atoms with Crippen LogP contribution in [0.2, 0.25) is 5.15 Å². The number of hydrogen-bond donors (Lipinski definition) is 1. The second-order valence-electron chi connectivity index (χ2n) is 2.46. The Morgan fingerprint density at radius 2 is 2.00 bits per heavy atom. The van der Waals surface area contributed by atoms with Gasteiger partial charge in [0, 0.05) is 0 Å². The zero-order chi connectivity index (χ0) is 11.8. The molecule has 0 bridgehead atoms. The molecule has 82 valence electrons. The van der Waals surface area contributed by atoms with Crippen LogP contribution < -0.4 is 0 Å². The molecule has 0 amide bonds. The summed E-state index contributed by atoms with van der Waals surface area (Å²) in [5.41, 5.74) is -2.65. The fourth-order valence-electron chi connectivity index (χ4n) is 0.815. The Morgan fingerprint density at radius 1 is 1.47 bits per heavy atom. The molecule has 0 aromatic carbocycles. The molecule has 0 spiro atoms.